The van der Waals surface area contributed by atoms with Crippen molar-refractivity contribution in [2.75, 3.05) is 14.1 Å². The average Bonchev–Trinajstić information content (AvgIpc) is 3.22. The average molecular weight is 437 g/mol. The number of nitrogens with one attached hydrogen (secondary N) is 2. The minimum absolute atomic E-state index is 0.0399. The van der Waals surface area contributed by atoms with Crippen LogP contribution in [0.5, 0.6) is 0 Å². The molecule has 0 fully saturated rings. The van der Waals surface area contributed by atoms with Gasteiger partial charge in [-0.05, 0) is 24.1 Å². The maximum atomic E-state index is 13.2. The van der Waals surface area contributed by atoms with Crippen molar-refractivity contribution in [2.24, 2.45) is 0 Å². The smallest absolute Gasteiger partial charge is 0.317 e. The highest BCUT2D eigenvalue weighted by Crippen LogP contribution is 2.17. The summed E-state index contributed by atoms with van der Waals surface area (Å²) in [5, 5.41) is 5.54. The third-order valence-corrected chi connectivity index (χ3v) is 5.02. The summed E-state index contributed by atoms with van der Waals surface area (Å²) in [7, 11) is 3.20. The van der Waals surface area contributed by atoms with E-state index in [4.69, 9.17) is 4.42 Å². The minimum Gasteiger partial charge on any atom is -0.434 e. The lowest BCUT2D eigenvalue weighted by molar-refractivity contribution is -0.123. The van der Waals surface area contributed by atoms with Gasteiger partial charge in [-0.1, -0.05) is 55.8 Å². The SMILES string of the molecule is CCC[C@H](NC(=O)[C@H](Cc1ccccc1)NC(=O)N(C)C)C(=O)c1nc2ccccc2o1. The van der Waals surface area contributed by atoms with Crippen LogP contribution in [0.15, 0.2) is 59.0 Å². The number of oxazole rings is 1. The molecule has 0 aliphatic heterocycles. The molecule has 32 heavy (non-hydrogen) atoms. The van der Waals surface area contributed by atoms with Crippen molar-refractivity contribution in [2.45, 2.75) is 38.3 Å². The molecule has 0 bridgehead atoms. The summed E-state index contributed by atoms with van der Waals surface area (Å²) >= 11 is 0. The summed E-state index contributed by atoms with van der Waals surface area (Å²) in [5.41, 5.74) is 1.99. The number of Topliss-reactive ketones (excluding diaryl/α,β-unsaturated/α-hetero) is 1. The van der Waals surface area contributed by atoms with Gasteiger partial charge in [-0.2, -0.15) is 0 Å². The van der Waals surface area contributed by atoms with E-state index in [1.54, 1.807) is 32.3 Å². The molecule has 0 radical (unpaired) electrons. The fourth-order valence-electron chi connectivity index (χ4n) is 3.29. The molecule has 1 heterocycles. The van der Waals surface area contributed by atoms with E-state index in [2.05, 4.69) is 15.6 Å². The molecule has 3 rings (SSSR count). The van der Waals surface area contributed by atoms with Crippen molar-refractivity contribution < 1.29 is 18.8 Å². The Morgan fingerprint density at radius 2 is 1.66 bits per heavy atom. The number of aromatic nitrogens is 1. The Labute approximate surface area is 187 Å². The van der Waals surface area contributed by atoms with Crippen molar-refractivity contribution in [1.82, 2.24) is 20.5 Å². The molecule has 2 N–H and O–H groups in total. The van der Waals surface area contributed by atoms with Crippen LogP contribution in [0.2, 0.25) is 0 Å². The molecular formula is C24H28N4O4. The summed E-state index contributed by atoms with van der Waals surface area (Å²) in [6, 6.07) is 14.5. The van der Waals surface area contributed by atoms with E-state index in [0.717, 1.165) is 5.56 Å². The van der Waals surface area contributed by atoms with E-state index in [1.807, 2.05) is 43.3 Å². The number of amides is 3. The molecule has 0 aliphatic carbocycles. The number of rotatable bonds is 9. The second-order valence-electron chi connectivity index (χ2n) is 7.79. The third-order valence-electron chi connectivity index (χ3n) is 5.02. The van der Waals surface area contributed by atoms with Crippen LogP contribution >= 0.6 is 0 Å². The highest BCUT2D eigenvalue weighted by atomic mass is 16.4. The lowest BCUT2D eigenvalue weighted by Gasteiger charge is -2.23. The Morgan fingerprint density at radius 1 is 0.969 bits per heavy atom. The molecular weight excluding hydrogens is 408 g/mol. The van der Waals surface area contributed by atoms with Gasteiger partial charge in [0.05, 0.1) is 6.04 Å². The quantitative estimate of drug-likeness (QED) is 0.501. The number of para-hydroxylation sites is 2. The number of benzene rings is 2. The molecule has 0 unspecified atom stereocenters. The first-order valence-corrected chi connectivity index (χ1v) is 10.6. The molecule has 0 saturated carbocycles. The first-order chi connectivity index (χ1) is 15.4. The normalized spacial score (nSPS) is 12.7. The van der Waals surface area contributed by atoms with Crippen LogP contribution in [-0.2, 0) is 11.2 Å². The molecule has 8 heteroatoms. The highest BCUT2D eigenvalue weighted by molar-refractivity contribution is 6.00. The largest absolute Gasteiger partial charge is 0.434 e. The van der Waals surface area contributed by atoms with E-state index >= 15 is 0 Å². The lowest BCUT2D eigenvalue weighted by atomic mass is 10.0. The number of nitrogens with zero attached hydrogens (tertiary/aromatic N) is 2. The Morgan fingerprint density at radius 3 is 2.31 bits per heavy atom. The van der Waals surface area contributed by atoms with Gasteiger partial charge in [-0.3, -0.25) is 9.59 Å². The zero-order valence-corrected chi connectivity index (χ0v) is 18.5. The number of fused-ring (bicyclic) bond motifs is 1. The van der Waals surface area contributed by atoms with Gasteiger partial charge < -0.3 is 20.0 Å². The summed E-state index contributed by atoms with van der Waals surface area (Å²) in [6.07, 6.45) is 1.38. The van der Waals surface area contributed by atoms with Gasteiger partial charge in [0.2, 0.25) is 11.7 Å². The Hall–Kier alpha value is -3.68. The monoisotopic (exact) mass is 436 g/mol. The summed E-state index contributed by atoms with van der Waals surface area (Å²) in [6.45, 7) is 1.92. The van der Waals surface area contributed by atoms with Crippen molar-refractivity contribution in [1.29, 1.82) is 0 Å². The van der Waals surface area contributed by atoms with Crippen molar-refractivity contribution >= 4 is 28.8 Å². The van der Waals surface area contributed by atoms with E-state index in [1.165, 1.54) is 4.90 Å². The van der Waals surface area contributed by atoms with Gasteiger partial charge in [0.1, 0.15) is 11.6 Å². The van der Waals surface area contributed by atoms with Crippen LogP contribution in [0.1, 0.15) is 36.0 Å². The number of hydrogen-bond acceptors (Lipinski definition) is 5. The van der Waals surface area contributed by atoms with Gasteiger partial charge in [0.15, 0.2) is 5.58 Å². The fraction of sp³-hybridized carbons (Fsp3) is 0.333. The maximum absolute atomic E-state index is 13.2. The van der Waals surface area contributed by atoms with Gasteiger partial charge in [-0.25, -0.2) is 9.78 Å². The van der Waals surface area contributed by atoms with E-state index < -0.39 is 29.8 Å². The maximum Gasteiger partial charge on any atom is 0.317 e. The topological polar surface area (TPSA) is 105 Å². The predicted molar refractivity (Wildman–Crippen MR) is 121 cm³/mol. The van der Waals surface area contributed by atoms with Gasteiger partial charge in [0.25, 0.3) is 5.89 Å². The Balaban J connectivity index is 1.79. The highest BCUT2D eigenvalue weighted by Gasteiger charge is 2.30. The number of urea groups is 1. The van der Waals surface area contributed by atoms with Crippen LogP contribution in [0.4, 0.5) is 4.79 Å². The van der Waals surface area contributed by atoms with Gasteiger partial charge in [0, 0.05) is 20.5 Å². The predicted octanol–water partition coefficient (Wildman–Crippen LogP) is 3.18. The van der Waals surface area contributed by atoms with Crippen molar-refractivity contribution in [3.05, 3.63) is 66.1 Å². The Kier molecular flexibility index (Phi) is 7.59. The van der Waals surface area contributed by atoms with Crippen LogP contribution in [0.25, 0.3) is 11.1 Å². The van der Waals surface area contributed by atoms with Crippen LogP contribution in [-0.4, -0.2) is 53.8 Å². The first kappa shape index (κ1) is 23.0. The molecule has 2 atom stereocenters. The van der Waals surface area contributed by atoms with E-state index in [-0.39, 0.29) is 5.89 Å². The lowest BCUT2D eigenvalue weighted by Crippen LogP contribution is -2.54. The molecule has 8 nitrogen and oxygen atoms in total. The second-order valence-corrected chi connectivity index (χ2v) is 7.79. The minimum atomic E-state index is -0.844. The van der Waals surface area contributed by atoms with Crippen molar-refractivity contribution in [3.63, 3.8) is 0 Å². The standard InChI is InChI=1S/C24H28N4O4/c1-4-10-18(21(29)23-26-17-13-8-9-14-20(17)32-23)25-22(30)19(27-24(31)28(2)3)15-16-11-6-5-7-12-16/h5-9,11-14,18-19H,4,10,15H2,1-3H3,(H,25,30)(H,27,31)/t18-,19-/m0/s1. The zero-order chi connectivity index (χ0) is 23.1. The molecule has 3 aromatic rings. The number of carbonyl (C=O) groups is 3. The fourth-order valence-corrected chi connectivity index (χ4v) is 3.29. The molecule has 0 spiro atoms. The van der Waals surface area contributed by atoms with Gasteiger partial charge in [-0.15, -0.1) is 0 Å². The molecule has 3 amide bonds. The number of ketones is 1. The Bertz CT molecular complexity index is 1040. The molecule has 0 aliphatic rings. The second kappa shape index (κ2) is 10.6. The van der Waals surface area contributed by atoms with Gasteiger partial charge >= 0.3 is 6.03 Å². The van der Waals surface area contributed by atoms with Crippen LogP contribution in [0.3, 0.4) is 0 Å². The number of carbonyl (C=O) groups excluding carboxylic acids is 3. The molecule has 1 aromatic heterocycles. The molecule has 0 saturated heterocycles. The molecule has 2 aromatic carbocycles. The summed E-state index contributed by atoms with van der Waals surface area (Å²) < 4.78 is 5.60. The van der Waals surface area contributed by atoms with E-state index in [9.17, 15) is 14.4 Å². The first-order valence-electron chi connectivity index (χ1n) is 10.6. The van der Waals surface area contributed by atoms with Crippen molar-refractivity contribution in [3.8, 4) is 0 Å². The zero-order valence-electron chi connectivity index (χ0n) is 18.5. The number of hydrogen-bond donors (Lipinski definition) is 2. The summed E-state index contributed by atoms with van der Waals surface area (Å²) in [4.78, 5) is 44.1. The molecule has 168 valence electrons. The third kappa shape index (κ3) is 5.72. The van der Waals surface area contributed by atoms with Crippen LogP contribution < -0.4 is 10.6 Å². The van der Waals surface area contributed by atoms with E-state index in [0.29, 0.717) is 30.4 Å². The van der Waals surface area contributed by atoms with Crippen LogP contribution in [0, 0.1) is 0 Å². The summed E-state index contributed by atoms with van der Waals surface area (Å²) in [5.74, 6) is -0.873.